The van der Waals surface area contributed by atoms with Crippen LogP contribution >= 0.6 is 43.2 Å². The minimum absolute atomic E-state index is 0.338. The molecule has 3 nitrogen and oxygen atoms in total. The van der Waals surface area contributed by atoms with Crippen LogP contribution in [0.2, 0.25) is 0 Å². The van der Waals surface area contributed by atoms with Gasteiger partial charge in [-0.25, -0.2) is 8.42 Å². The molecule has 0 aliphatic rings. The molecule has 0 fully saturated rings. The zero-order valence-corrected chi connectivity index (χ0v) is 16.2. The van der Waals surface area contributed by atoms with Crippen LogP contribution in [0, 0.1) is 0 Å². The first kappa shape index (κ1) is 17.1. The molecular formula is C14H15Br2NO2S2. The molecule has 0 saturated carbocycles. The van der Waals surface area contributed by atoms with Crippen molar-refractivity contribution in [3.8, 4) is 0 Å². The summed E-state index contributed by atoms with van der Waals surface area (Å²) in [6, 6.07) is 10.9. The van der Waals surface area contributed by atoms with Gasteiger partial charge < -0.3 is 0 Å². The number of hydrogen-bond acceptors (Lipinski definition) is 3. The molecule has 0 unspecified atom stereocenters. The third kappa shape index (κ3) is 4.16. The third-order valence-corrected chi connectivity index (χ3v) is 7.22. The van der Waals surface area contributed by atoms with Crippen LogP contribution in [-0.2, 0) is 21.9 Å². The molecule has 0 aliphatic heterocycles. The number of benzene rings is 1. The van der Waals surface area contributed by atoms with Crippen molar-refractivity contribution in [3.63, 3.8) is 0 Å². The van der Waals surface area contributed by atoms with Crippen molar-refractivity contribution in [3.05, 3.63) is 50.6 Å². The lowest BCUT2D eigenvalue weighted by molar-refractivity contribution is 0.426. The van der Waals surface area contributed by atoms with Gasteiger partial charge in [-0.05, 0) is 45.8 Å². The summed E-state index contributed by atoms with van der Waals surface area (Å²) in [5, 5.41) is 0.716. The Hall–Kier alpha value is -0.210. The van der Waals surface area contributed by atoms with Gasteiger partial charge in [0.2, 0.25) is 10.0 Å². The summed E-state index contributed by atoms with van der Waals surface area (Å²) in [4.78, 5) is 1.36. The molecule has 0 atom stereocenters. The fraction of sp³-hybridized carbons (Fsp3) is 0.286. The van der Waals surface area contributed by atoms with E-state index >= 15 is 0 Å². The van der Waals surface area contributed by atoms with Crippen LogP contribution in [0.4, 0.5) is 0 Å². The summed E-state index contributed by atoms with van der Waals surface area (Å²) in [7, 11) is -3.46. The standard InChI is InChI=1S/C14H15Br2NO2S2/c1-2-17(10-12-5-8-14(16)20-12)21(18,19)13-6-3-11(9-15)4-7-13/h3-8H,2,9-10H2,1H3. The maximum atomic E-state index is 12.7. The van der Waals surface area contributed by atoms with Gasteiger partial charge in [-0.3, -0.25) is 0 Å². The van der Waals surface area contributed by atoms with Crippen LogP contribution < -0.4 is 0 Å². The second-order valence-corrected chi connectivity index (χ2v) is 9.46. The highest BCUT2D eigenvalue weighted by Gasteiger charge is 2.23. The second-order valence-electron chi connectivity index (χ2n) is 4.41. The Bertz CT molecular complexity index is 696. The Labute approximate surface area is 146 Å². The minimum atomic E-state index is -3.46. The monoisotopic (exact) mass is 451 g/mol. The smallest absolute Gasteiger partial charge is 0.207 e. The predicted molar refractivity (Wildman–Crippen MR) is 94.4 cm³/mol. The summed E-state index contributed by atoms with van der Waals surface area (Å²) in [5.41, 5.74) is 1.05. The summed E-state index contributed by atoms with van der Waals surface area (Å²) >= 11 is 8.31. The van der Waals surface area contributed by atoms with Crippen molar-refractivity contribution in [2.45, 2.75) is 23.7 Å². The molecule has 0 bridgehead atoms. The Morgan fingerprint density at radius 1 is 1.14 bits per heavy atom. The van der Waals surface area contributed by atoms with Gasteiger partial charge in [0.05, 0.1) is 8.68 Å². The molecule has 0 saturated heterocycles. The molecule has 2 rings (SSSR count). The van der Waals surface area contributed by atoms with E-state index in [4.69, 9.17) is 0 Å². The van der Waals surface area contributed by atoms with E-state index in [2.05, 4.69) is 31.9 Å². The fourth-order valence-electron chi connectivity index (χ4n) is 1.88. The lowest BCUT2D eigenvalue weighted by Crippen LogP contribution is -2.30. The molecule has 21 heavy (non-hydrogen) atoms. The number of halogens is 2. The average molecular weight is 453 g/mol. The zero-order valence-electron chi connectivity index (χ0n) is 11.4. The summed E-state index contributed by atoms with van der Waals surface area (Å²) in [6.45, 7) is 2.69. The summed E-state index contributed by atoms with van der Waals surface area (Å²) in [5.74, 6) is 0. The van der Waals surface area contributed by atoms with E-state index in [1.165, 1.54) is 4.31 Å². The third-order valence-electron chi connectivity index (χ3n) is 3.03. The second kappa shape index (κ2) is 7.37. The molecule has 114 valence electrons. The first-order valence-electron chi connectivity index (χ1n) is 6.36. The normalized spacial score (nSPS) is 12.0. The molecular weight excluding hydrogens is 438 g/mol. The van der Waals surface area contributed by atoms with E-state index in [0.717, 1.165) is 14.2 Å². The van der Waals surface area contributed by atoms with E-state index in [1.54, 1.807) is 23.5 Å². The van der Waals surface area contributed by atoms with Crippen molar-refractivity contribution in [1.82, 2.24) is 4.31 Å². The van der Waals surface area contributed by atoms with E-state index in [9.17, 15) is 8.42 Å². The maximum Gasteiger partial charge on any atom is 0.243 e. The minimum Gasteiger partial charge on any atom is -0.207 e. The zero-order chi connectivity index (χ0) is 15.5. The van der Waals surface area contributed by atoms with Gasteiger partial charge in [0, 0.05) is 23.3 Å². The van der Waals surface area contributed by atoms with E-state index in [0.29, 0.717) is 23.3 Å². The van der Waals surface area contributed by atoms with Gasteiger partial charge in [0.1, 0.15) is 0 Å². The van der Waals surface area contributed by atoms with E-state index in [-0.39, 0.29) is 0 Å². The number of rotatable bonds is 6. The first-order chi connectivity index (χ1) is 9.97. The molecule has 0 aliphatic carbocycles. The molecule has 0 N–H and O–H groups in total. The quantitative estimate of drug-likeness (QED) is 0.599. The number of alkyl halides is 1. The van der Waals surface area contributed by atoms with Gasteiger partial charge in [-0.2, -0.15) is 4.31 Å². The lowest BCUT2D eigenvalue weighted by Gasteiger charge is -2.20. The van der Waals surface area contributed by atoms with E-state index < -0.39 is 10.0 Å². The van der Waals surface area contributed by atoms with Crippen LogP contribution in [0.3, 0.4) is 0 Å². The molecule has 1 aromatic carbocycles. The topological polar surface area (TPSA) is 37.4 Å². The van der Waals surface area contributed by atoms with Crippen molar-refractivity contribution in [2.24, 2.45) is 0 Å². The fourth-order valence-corrected chi connectivity index (χ4v) is 5.26. The van der Waals surface area contributed by atoms with Gasteiger partial charge >= 0.3 is 0 Å². The highest BCUT2D eigenvalue weighted by atomic mass is 79.9. The predicted octanol–water partition coefficient (Wildman–Crippen LogP) is 4.62. The van der Waals surface area contributed by atoms with Crippen LogP contribution in [0.25, 0.3) is 0 Å². The van der Waals surface area contributed by atoms with E-state index in [1.807, 2.05) is 31.2 Å². The Morgan fingerprint density at radius 2 is 1.81 bits per heavy atom. The number of hydrogen-bond donors (Lipinski definition) is 0. The van der Waals surface area contributed by atoms with Crippen LogP contribution in [0.15, 0.2) is 45.1 Å². The number of sulfonamides is 1. The molecule has 0 spiro atoms. The van der Waals surface area contributed by atoms with Crippen molar-refractivity contribution < 1.29 is 8.42 Å². The van der Waals surface area contributed by atoms with Gasteiger partial charge in [0.25, 0.3) is 0 Å². The van der Waals surface area contributed by atoms with Crippen LogP contribution in [0.1, 0.15) is 17.4 Å². The lowest BCUT2D eigenvalue weighted by atomic mass is 10.2. The van der Waals surface area contributed by atoms with Crippen LogP contribution in [-0.4, -0.2) is 19.3 Å². The Morgan fingerprint density at radius 3 is 2.29 bits per heavy atom. The van der Waals surface area contributed by atoms with Crippen molar-refractivity contribution in [2.75, 3.05) is 6.54 Å². The average Bonchev–Trinajstić information content (AvgIpc) is 2.90. The Kier molecular flexibility index (Phi) is 6.02. The van der Waals surface area contributed by atoms with Crippen molar-refractivity contribution >= 4 is 53.2 Å². The Balaban J connectivity index is 2.25. The van der Waals surface area contributed by atoms with Gasteiger partial charge in [0.15, 0.2) is 0 Å². The highest BCUT2D eigenvalue weighted by Crippen LogP contribution is 2.26. The van der Waals surface area contributed by atoms with Crippen LogP contribution in [0.5, 0.6) is 0 Å². The first-order valence-corrected chi connectivity index (χ1v) is 10.5. The molecule has 1 aromatic heterocycles. The number of thiophene rings is 1. The molecule has 0 amide bonds. The molecule has 2 aromatic rings. The summed E-state index contributed by atoms with van der Waals surface area (Å²) in [6.07, 6.45) is 0. The molecule has 0 radical (unpaired) electrons. The number of nitrogens with zero attached hydrogens (tertiary/aromatic N) is 1. The highest BCUT2D eigenvalue weighted by molar-refractivity contribution is 9.11. The largest absolute Gasteiger partial charge is 0.243 e. The summed E-state index contributed by atoms with van der Waals surface area (Å²) < 4.78 is 27.9. The molecule has 7 heteroatoms. The van der Waals surface area contributed by atoms with Crippen molar-refractivity contribution in [1.29, 1.82) is 0 Å². The SMILES string of the molecule is CCN(Cc1ccc(Br)s1)S(=O)(=O)c1ccc(CBr)cc1. The maximum absolute atomic E-state index is 12.7. The van der Waals surface area contributed by atoms with Gasteiger partial charge in [-0.1, -0.05) is 35.0 Å². The molecule has 1 heterocycles. The van der Waals surface area contributed by atoms with Gasteiger partial charge in [-0.15, -0.1) is 11.3 Å².